The Labute approximate surface area is 154 Å². The van der Waals surface area contributed by atoms with Gasteiger partial charge in [-0.1, -0.05) is 0 Å². The Bertz CT molecular complexity index is 972. The molecular weight excluding hydrogens is 351 g/mol. The molecule has 3 amide bonds. The fraction of sp³-hybridized carbons (Fsp3) is 0.250. The normalized spacial score (nSPS) is 18.4. The first-order valence-electron chi connectivity index (χ1n) is 8.65. The highest BCUT2D eigenvalue weighted by molar-refractivity contribution is 6.21. The topological polar surface area (TPSA) is 75.7 Å². The monoisotopic (exact) mass is 368 g/mol. The quantitative estimate of drug-likeness (QED) is 0.827. The summed E-state index contributed by atoms with van der Waals surface area (Å²) in [4.78, 5) is 37.9. The van der Waals surface area contributed by atoms with Crippen LogP contribution in [0.5, 0.6) is 5.75 Å². The number of benzene rings is 2. The lowest BCUT2D eigenvalue weighted by Crippen LogP contribution is -2.28. The van der Waals surface area contributed by atoms with Crippen molar-refractivity contribution < 1.29 is 23.5 Å². The molecule has 0 unspecified atom stereocenters. The number of nitrogens with one attached hydrogen (secondary N) is 1. The number of halogens is 1. The van der Waals surface area contributed by atoms with Crippen LogP contribution in [0.3, 0.4) is 0 Å². The molecule has 6 nitrogen and oxygen atoms in total. The van der Waals surface area contributed by atoms with E-state index < -0.39 is 23.7 Å². The molecule has 2 aliphatic heterocycles. The number of hydrogen-bond donors (Lipinski definition) is 1. The molecule has 0 bridgehead atoms. The summed E-state index contributed by atoms with van der Waals surface area (Å²) in [6, 6.07) is 8.27. The lowest BCUT2D eigenvalue weighted by atomic mass is 10.0. The van der Waals surface area contributed by atoms with E-state index in [0.29, 0.717) is 30.8 Å². The number of nitrogens with zero attached hydrogens (tertiary/aromatic N) is 1. The summed E-state index contributed by atoms with van der Waals surface area (Å²) in [5, 5.41) is 2.89. The fourth-order valence-electron chi connectivity index (χ4n) is 3.44. The van der Waals surface area contributed by atoms with Gasteiger partial charge in [0.1, 0.15) is 11.6 Å². The van der Waals surface area contributed by atoms with Crippen molar-refractivity contribution in [2.24, 2.45) is 0 Å². The molecule has 2 aliphatic rings. The molecule has 27 heavy (non-hydrogen) atoms. The molecule has 0 saturated heterocycles. The van der Waals surface area contributed by atoms with E-state index >= 15 is 0 Å². The maximum atomic E-state index is 13.7. The highest BCUT2D eigenvalue weighted by Crippen LogP contribution is 2.32. The zero-order chi connectivity index (χ0) is 19.1. The molecule has 0 fully saturated rings. The van der Waals surface area contributed by atoms with Crippen LogP contribution in [0.1, 0.15) is 55.5 Å². The van der Waals surface area contributed by atoms with Gasteiger partial charge in [0.25, 0.3) is 17.7 Å². The van der Waals surface area contributed by atoms with Crippen LogP contribution in [0, 0.1) is 5.82 Å². The smallest absolute Gasteiger partial charge is 0.261 e. The van der Waals surface area contributed by atoms with Crippen molar-refractivity contribution in [2.45, 2.75) is 18.9 Å². The highest BCUT2D eigenvalue weighted by Gasteiger charge is 2.33. The molecule has 2 heterocycles. The van der Waals surface area contributed by atoms with Gasteiger partial charge in [-0.3, -0.25) is 19.3 Å². The second-order valence-corrected chi connectivity index (χ2v) is 6.63. The summed E-state index contributed by atoms with van der Waals surface area (Å²) in [6.07, 6.45) is 1.32. The molecule has 7 heteroatoms. The zero-order valence-corrected chi connectivity index (χ0v) is 14.6. The van der Waals surface area contributed by atoms with E-state index in [1.807, 2.05) is 0 Å². The number of rotatable bonds is 2. The molecule has 0 aliphatic carbocycles. The van der Waals surface area contributed by atoms with Crippen molar-refractivity contribution >= 4 is 17.7 Å². The van der Waals surface area contributed by atoms with E-state index in [-0.39, 0.29) is 22.6 Å². The van der Waals surface area contributed by atoms with E-state index in [0.717, 1.165) is 4.90 Å². The second-order valence-electron chi connectivity index (χ2n) is 6.63. The van der Waals surface area contributed by atoms with Crippen molar-refractivity contribution in [2.75, 3.05) is 13.7 Å². The molecule has 1 atom stereocenters. The number of carbonyl (C=O) groups is 3. The number of imide groups is 1. The Morgan fingerprint density at radius 1 is 1.15 bits per heavy atom. The molecule has 1 N–H and O–H groups in total. The van der Waals surface area contributed by atoms with Gasteiger partial charge < -0.3 is 10.1 Å². The third-order valence-corrected chi connectivity index (χ3v) is 4.90. The lowest BCUT2D eigenvalue weighted by molar-refractivity contribution is 0.0693. The molecule has 0 saturated carbocycles. The molecule has 0 aromatic heterocycles. The second kappa shape index (κ2) is 6.50. The number of fused-ring (bicyclic) bond motifs is 2. The third-order valence-electron chi connectivity index (χ3n) is 4.90. The summed E-state index contributed by atoms with van der Waals surface area (Å²) in [5.74, 6) is -1.05. The number of ether oxygens (including phenoxy) is 1. The number of carbonyl (C=O) groups excluding carboxylic acids is 3. The molecular formula is C20H17FN2O4. The van der Waals surface area contributed by atoms with Gasteiger partial charge in [-0.2, -0.15) is 0 Å². The van der Waals surface area contributed by atoms with Crippen molar-refractivity contribution in [3.63, 3.8) is 0 Å². The molecule has 138 valence electrons. The van der Waals surface area contributed by atoms with E-state index in [4.69, 9.17) is 4.74 Å². The Hall–Kier alpha value is -3.22. The van der Waals surface area contributed by atoms with Crippen LogP contribution in [0.2, 0.25) is 0 Å². The molecule has 2 aromatic carbocycles. The third kappa shape index (κ3) is 2.95. The van der Waals surface area contributed by atoms with Crippen LogP contribution >= 0.6 is 0 Å². The summed E-state index contributed by atoms with van der Waals surface area (Å²) in [5.41, 5.74) is 1.36. The lowest BCUT2D eigenvalue weighted by Gasteiger charge is -2.18. The minimum absolute atomic E-state index is 0.214. The average Bonchev–Trinajstić information content (AvgIpc) is 2.80. The van der Waals surface area contributed by atoms with Crippen molar-refractivity contribution in [1.29, 1.82) is 0 Å². The van der Waals surface area contributed by atoms with Crippen LogP contribution in [-0.4, -0.2) is 36.3 Å². The van der Waals surface area contributed by atoms with Crippen molar-refractivity contribution in [3.8, 4) is 5.75 Å². The standard InChI is InChI=1S/C20H17FN2O4/c1-23-19(25)13-6-4-11(9-14(13)20(23)26)18(24)22-16-3-2-8-27-17-7-5-12(21)10-15(16)17/h4-7,9-10,16H,2-3,8H2,1H3,(H,22,24)/t16-/m1/s1. The minimum Gasteiger partial charge on any atom is -0.493 e. The summed E-state index contributed by atoms with van der Waals surface area (Å²) < 4.78 is 19.3. The predicted molar refractivity (Wildman–Crippen MR) is 94.2 cm³/mol. The van der Waals surface area contributed by atoms with Crippen molar-refractivity contribution in [1.82, 2.24) is 10.2 Å². The Kier molecular flexibility index (Phi) is 4.14. The Morgan fingerprint density at radius 2 is 1.93 bits per heavy atom. The van der Waals surface area contributed by atoms with Gasteiger partial charge in [-0.15, -0.1) is 0 Å². The van der Waals surface area contributed by atoms with E-state index in [2.05, 4.69) is 5.32 Å². The zero-order valence-electron chi connectivity index (χ0n) is 14.6. The first-order chi connectivity index (χ1) is 13.0. The Morgan fingerprint density at radius 3 is 2.74 bits per heavy atom. The van der Waals surface area contributed by atoms with E-state index in [1.165, 1.54) is 37.4 Å². The Balaban J connectivity index is 1.62. The van der Waals surface area contributed by atoms with E-state index in [1.54, 1.807) is 6.07 Å². The predicted octanol–water partition coefficient (Wildman–Crippen LogP) is 2.70. The van der Waals surface area contributed by atoms with Gasteiger partial charge >= 0.3 is 0 Å². The van der Waals surface area contributed by atoms with Gasteiger partial charge in [0.2, 0.25) is 0 Å². The minimum atomic E-state index is -0.431. The summed E-state index contributed by atoms with van der Waals surface area (Å²) in [6.45, 7) is 0.493. The highest BCUT2D eigenvalue weighted by atomic mass is 19.1. The van der Waals surface area contributed by atoms with Crippen LogP contribution in [0.25, 0.3) is 0 Å². The average molecular weight is 368 g/mol. The molecule has 2 aromatic rings. The molecule has 0 spiro atoms. The molecule has 0 radical (unpaired) electrons. The number of amides is 3. The van der Waals surface area contributed by atoms with Gasteiger partial charge in [0.15, 0.2) is 0 Å². The van der Waals surface area contributed by atoms with Crippen LogP contribution < -0.4 is 10.1 Å². The van der Waals surface area contributed by atoms with Crippen LogP contribution in [0.4, 0.5) is 4.39 Å². The van der Waals surface area contributed by atoms with Gasteiger partial charge in [0.05, 0.1) is 23.8 Å². The fourth-order valence-corrected chi connectivity index (χ4v) is 3.44. The SMILES string of the molecule is CN1C(=O)c2ccc(C(=O)N[C@@H]3CCCOc4ccc(F)cc43)cc2C1=O. The first-order valence-corrected chi connectivity index (χ1v) is 8.65. The van der Waals surface area contributed by atoms with Gasteiger partial charge in [-0.25, -0.2) is 4.39 Å². The maximum Gasteiger partial charge on any atom is 0.261 e. The maximum absolute atomic E-state index is 13.7. The van der Waals surface area contributed by atoms with Gasteiger partial charge in [-0.05, 0) is 49.2 Å². The van der Waals surface area contributed by atoms with Crippen LogP contribution in [-0.2, 0) is 0 Å². The summed E-state index contributed by atoms with van der Waals surface area (Å²) >= 11 is 0. The van der Waals surface area contributed by atoms with E-state index in [9.17, 15) is 18.8 Å². The largest absolute Gasteiger partial charge is 0.493 e. The summed E-state index contributed by atoms with van der Waals surface area (Å²) in [7, 11) is 1.40. The van der Waals surface area contributed by atoms with Gasteiger partial charge in [0, 0.05) is 18.2 Å². The van der Waals surface area contributed by atoms with Crippen molar-refractivity contribution in [3.05, 3.63) is 64.5 Å². The first kappa shape index (κ1) is 17.2. The van der Waals surface area contributed by atoms with Crippen LogP contribution in [0.15, 0.2) is 36.4 Å². The molecule has 4 rings (SSSR count). The number of hydrogen-bond acceptors (Lipinski definition) is 4.